The number of hydrogen-bond acceptors (Lipinski definition) is 4. The van der Waals surface area contributed by atoms with Crippen molar-refractivity contribution in [3.63, 3.8) is 0 Å². The minimum atomic E-state index is -1.54. The fourth-order valence-corrected chi connectivity index (χ4v) is 14.4. The highest BCUT2D eigenvalue weighted by molar-refractivity contribution is 6.89. The molecule has 0 aliphatic heterocycles. The smallest absolute Gasteiger partial charge is 0.375 e. The highest BCUT2D eigenvalue weighted by Crippen LogP contribution is 2.23. The van der Waals surface area contributed by atoms with Crippen LogP contribution in [0.5, 0.6) is 0 Å². The molecule has 1 atom stereocenters. The molecule has 0 saturated heterocycles. The summed E-state index contributed by atoms with van der Waals surface area (Å²) in [5, 5.41) is 0. The molecular weight excluding hydrogens is 278 g/mol. The lowest BCUT2D eigenvalue weighted by molar-refractivity contribution is 0.119. The van der Waals surface area contributed by atoms with Gasteiger partial charge in [0.2, 0.25) is 0 Å². The Kier molecular flexibility index (Phi) is 7.52. The van der Waals surface area contributed by atoms with Crippen molar-refractivity contribution in [3.8, 4) is 0 Å². The molecule has 0 aromatic heterocycles. The molecule has 0 saturated carbocycles. The first-order chi connectivity index (χ1) is 8.04. The number of hydrogen-bond donors (Lipinski definition) is 0. The molecule has 4 nitrogen and oxygen atoms in total. The van der Waals surface area contributed by atoms with Crippen LogP contribution in [0.4, 0.5) is 0 Å². The van der Waals surface area contributed by atoms with E-state index in [1.165, 1.54) is 0 Å². The van der Waals surface area contributed by atoms with E-state index in [4.69, 9.17) is 13.3 Å². The Hall–Kier alpha value is 0.491. The summed E-state index contributed by atoms with van der Waals surface area (Å²) in [6.07, 6.45) is 0. The van der Waals surface area contributed by atoms with E-state index in [2.05, 4.69) is 50.4 Å². The molecule has 0 aliphatic carbocycles. The predicted octanol–water partition coefficient (Wildman–Crippen LogP) is 2.64. The zero-order valence-electron chi connectivity index (χ0n) is 13.5. The molecule has 0 aliphatic rings. The first kappa shape index (κ1) is 18.5. The molecule has 1 unspecified atom stereocenters. The van der Waals surface area contributed by atoms with Crippen molar-refractivity contribution in [2.45, 2.75) is 52.2 Å². The fourth-order valence-electron chi connectivity index (χ4n) is 2.79. The van der Waals surface area contributed by atoms with Gasteiger partial charge in [0.05, 0.1) is 6.61 Å². The molecular formula is C11H30NO3Si3. The topological polar surface area (TPSA) is 30.9 Å². The fraction of sp³-hybridized carbons (Fsp3) is 1.00. The summed E-state index contributed by atoms with van der Waals surface area (Å²) < 4.78 is 18.8. The Morgan fingerprint density at radius 3 is 1.61 bits per heavy atom. The van der Waals surface area contributed by atoms with Crippen LogP contribution in [0.1, 0.15) is 6.92 Å². The first-order valence-electron chi connectivity index (χ1n) is 6.41. The maximum absolute atomic E-state index is 5.73. The van der Waals surface area contributed by atoms with Crippen LogP contribution in [0.15, 0.2) is 0 Å². The van der Waals surface area contributed by atoms with Gasteiger partial charge in [0, 0.05) is 20.3 Å². The molecule has 18 heavy (non-hydrogen) atoms. The molecule has 0 spiro atoms. The van der Waals surface area contributed by atoms with Crippen LogP contribution < -0.4 is 0 Å². The summed E-state index contributed by atoms with van der Waals surface area (Å²) in [4.78, 5) is 0. The summed E-state index contributed by atoms with van der Waals surface area (Å²) >= 11 is 0. The quantitative estimate of drug-likeness (QED) is 0.645. The second-order valence-electron chi connectivity index (χ2n) is 6.53. The van der Waals surface area contributed by atoms with Gasteiger partial charge in [-0.15, -0.1) is 0 Å². The largest absolute Gasteiger partial charge is 0.577 e. The van der Waals surface area contributed by atoms with Crippen molar-refractivity contribution in [2.24, 2.45) is 0 Å². The summed E-state index contributed by atoms with van der Waals surface area (Å²) in [5.74, 6) is 0. The maximum Gasteiger partial charge on any atom is 0.577 e. The molecule has 109 valence electrons. The second kappa shape index (κ2) is 7.32. The van der Waals surface area contributed by atoms with Crippen LogP contribution in [-0.4, -0.2) is 57.1 Å². The molecule has 0 rings (SSSR count). The average Bonchev–Trinajstić information content (AvgIpc) is 2.14. The molecule has 0 N–H and O–H groups in total. The summed E-state index contributed by atoms with van der Waals surface area (Å²) in [6, 6.07) is 0.425. The van der Waals surface area contributed by atoms with Crippen LogP contribution in [0.3, 0.4) is 0 Å². The van der Waals surface area contributed by atoms with Crippen molar-refractivity contribution >= 4 is 26.0 Å². The predicted molar refractivity (Wildman–Crippen MR) is 83.7 cm³/mol. The third-order valence-electron chi connectivity index (χ3n) is 2.66. The Labute approximate surface area is 117 Å². The highest BCUT2D eigenvalue weighted by Gasteiger charge is 2.38. The molecule has 0 aromatic rings. The third kappa shape index (κ3) is 6.09. The van der Waals surface area contributed by atoms with Crippen molar-refractivity contribution in [1.29, 1.82) is 0 Å². The lowest BCUT2D eigenvalue weighted by Gasteiger charge is -2.47. The van der Waals surface area contributed by atoms with Gasteiger partial charge in [0.25, 0.3) is 0 Å². The third-order valence-corrected chi connectivity index (χ3v) is 11.5. The average molecular weight is 309 g/mol. The summed E-state index contributed by atoms with van der Waals surface area (Å²) in [7, 11) is -0.930. The zero-order valence-corrected chi connectivity index (χ0v) is 16.5. The van der Waals surface area contributed by atoms with E-state index in [0.29, 0.717) is 12.6 Å². The molecule has 0 aromatic carbocycles. The van der Waals surface area contributed by atoms with Gasteiger partial charge in [-0.25, -0.2) is 0 Å². The van der Waals surface area contributed by atoms with Gasteiger partial charge in [0.1, 0.15) is 16.5 Å². The van der Waals surface area contributed by atoms with E-state index in [1.54, 1.807) is 14.2 Å². The van der Waals surface area contributed by atoms with E-state index in [0.717, 1.165) is 0 Å². The lowest BCUT2D eigenvalue weighted by Crippen LogP contribution is -2.63. The molecule has 7 heteroatoms. The standard InChI is InChI=1S/C11H30NO3Si3/c1-11(10-15-16(13-2)14-3)12(17(4,5)6)18(7,8)9/h11H,10H2,1-9H3. The van der Waals surface area contributed by atoms with Crippen molar-refractivity contribution < 1.29 is 13.3 Å². The van der Waals surface area contributed by atoms with E-state index >= 15 is 0 Å². The monoisotopic (exact) mass is 308 g/mol. The van der Waals surface area contributed by atoms with Crippen LogP contribution in [-0.2, 0) is 13.3 Å². The van der Waals surface area contributed by atoms with Gasteiger partial charge in [-0.1, -0.05) is 39.3 Å². The van der Waals surface area contributed by atoms with Gasteiger partial charge in [-0.05, 0) is 6.92 Å². The molecule has 0 heterocycles. The van der Waals surface area contributed by atoms with Gasteiger partial charge >= 0.3 is 9.53 Å². The Morgan fingerprint density at radius 1 is 0.944 bits per heavy atom. The maximum atomic E-state index is 5.73. The van der Waals surface area contributed by atoms with Gasteiger partial charge in [0.15, 0.2) is 0 Å². The molecule has 0 amide bonds. The van der Waals surface area contributed by atoms with Gasteiger partial charge in [-0.3, -0.25) is 0 Å². The van der Waals surface area contributed by atoms with Crippen LogP contribution in [0.2, 0.25) is 39.3 Å². The SMILES string of the molecule is CO[Si](OC)OCC(C)N([Si](C)(C)C)[Si](C)(C)C. The van der Waals surface area contributed by atoms with Crippen molar-refractivity contribution in [2.75, 3.05) is 20.8 Å². The summed E-state index contributed by atoms with van der Waals surface area (Å²) in [6.45, 7) is 17.4. The second-order valence-corrected chi connectivity index (χ2v) is 18.2. The lowest BCUT2D eigenvalue weighted by atomic mass is 10.4. The molecule has 0 bridgehead atoms. The van der Waals surface area contributed by atoms with E-state index in [-0.39, 0.29) is 0 Å². The van der Waals surface area contributed by atoms with Crippen molar-refractivity contribution in [1.82, 2.24) is 4.23 Å². The van der Waals surface area contributed by atoms with Crippen LogP contribution in [0.25, 0.3) is 0 Å². The minimum absolute atomic E-state index is 0.425. The minimum Gasteiger partial charge on any atom is -0.375 e. The highest BCUT2D eigenvalue weighted by atomic mass is 28.4. The molecule has 1 radical (unpaired) electrons. The van der Waals surface area contributed by atoms with Gasteiger partial charge < -0.3 is 17.5 Å². The van der Waals surface area contributed by atoms with Crippen LogP contribution >= 0.6 is 0 Å². The molecule has 0 fully saturated rings. The Morgan fingerprint density at radius 2 is 1.33 bits per heavy atom. The van der Waals surface area contributed by atoms with E-state index in [1.807, 2.05) is 0 Å². The first-order valence-corrected chi connectivity index (χ1v) is 14.5. The zero-order chi connectivity index (χ0) is 14.6. The summed E-state index contributed by atoms with van der Waals surface area (Å²) in [5.41, 5.74) is 0. The number of nitrogens with zero attached hydrogens (tertiary/aromatic N) is 1. The van der Waals surface area contributed by atoms with Gasteiger partial charge in [-0.2, -0.15) is 0 Å². The van der Waals surface area contributed by atoms with Crippen molar-refractivity contribution in [3.05, 3.63) is 0 Å². The number of rotatable bonds is 8. The van der Waals surface area contributed by atoms with Crippen LogP contribution in [0, 0.1) is 0 Å². The Bertz CT molecular complexity index is 223. The normalized spacial score (nSPS) is 15.5. The Balaban J connectivity index is 4.64. The van der Waals surface area contributed by atoms with E-state index < -0.39 is 26.0 Å². The van der Waals surface area contributed by atoms with E-state index in [9.17, 15) is 0 Å².